The van der Waals surface area contributed by atoms with E-state index in [1.165, 1.54) is 0 Å². The molecular weight excluding hydrogens is 300 g/mol. The molecule has 0 bridgehead atoms. The lowest BCUT2D eigenvalue weighted by atomic mass is 10.3. The lowest BCUT2D eigenvalue weighted by Gasteiger charge is -2.07. The van der Waals surface area contributed by atoms with Gasteiger partial charge < -0.3 is 14.0 Å². The summed E-state index contributed by atoms with van der Waals surface area (Å²) in [4.78, 5) is 4.16. The summed E-state index contributed by atoms with van der Waals surface area (Å²) in [7, 11) is 1.62. The van der Waals surface area contributed by atoms with Gasteiger partial charge in [-0.1, -0.05) is 12.1 Å². The fraction of sp³-hybridized carbons (Fsp3) is 0.333. The van der Waals surface area contributed by atoms with E-state index in [1.807, 2.05) is 25.1 Å². The Kier molecular flexibility index (Phi) is 4.19. The molecule has 1 heterocycles. The number of benzene rings is 1. The van der Waals surface area contributed by atoms with Crippen LogP contribution in [0.2, 0.25) is 0 Å². The predicted octanol–water partition coefficient (Wildman–Crippen LogP) is 2.98. The molecule has 0 aliphatic carbocycles. The Morgan fingerprint density at radius 2 is 2.22 bits per heavy atom. The van der Waals surface area contributed by atoms with E-state index < -0.39 is 0 Å². The highest BCUT2D eigenvalue weighted by Crippen LogP contribution is 2.29. The second-order valence-electron chi connectivity index (χ2n) is 3.54. The van der Waals surface area contributed by atoms with Crippen LogP contribution in [0, 0.1) is 0 Å². The van der Waals surface area contributed by atoms with Crippen LogP contribution in [0.4, 0.5) is 0 Å². The van der Waals surface area contributed by atoms with Gasteiger partial charge in [0.2, 0.25) is 0 Å². The minimum atomic E-state index is 0.248. The number of halogens is 1. The molecule has 0 radical (unpaired) electrons. The van der Waals surface area contributed by atoms with Gasteiger partial charge >= 0.3 is 0 Å². The number of ether oxygens (including phenoxy) is 2. The molecule has 0 N–H and O–H groups in total. The van der Waals surface area contributed by atoms with Crippen molar-refractivity contribution in [2.45, 2.75) is 20.0 Å². The fourth-order valence-electron chi connectivity index (χ4n) is 1.36. The lowest BCUT2D eigenvalue weighted by Crippen LogP contribution is -1.97. The number of nitrogens with zero attached hydrogens (tertiary/aromatic N) is 2. The van der Waals surface area contributed by atoms with Crippen molar-refractivity contribution in [3.8, 4) is 11.5 Å². The molecule has 0 atom stereocenters. The highest BCUT2D eigenvalue weighted by Gasteiger charge is 2.08. The van der Waals surface area contributed by atoms with E-state index >= 15 is 0 Å². The van der Waals surface area contributed by atoms with Gasteiger partial charge in [-0.3, -0.25) is 0 Å². The average Bonchev–Trinajstić information content (AvgIpc) is 2.85. The average molecular weight is 313 g/mol. The number of hydrogen-bond donors (Lipinski definition) is 0. The van der Waals surface area contributed by atoms with Crippen molar-refractivity contribution >= 4 is 15.9 Å². The van der Waals surface area contributed by atoms with Gasteiger partial charge in [0, 0.05) is 6.42 Å². The molecule has 5 nitrogen and oxygen atoms in total. The van der Waals surface area contributed by atoms with Crippen LogP contribution in [0.1, 0.15) is 18.6 Å². The number of rotatable bonds is 5. The summed E-state index contributed by atoms with van der Waals surface area (Å²) in [5, 5.41) is 3.80. The number of hydrogen-bond acceptors (Lipinski definition) is 5. The molecule has 0 amide bonds. The highest BCUT2D eigenvalue weighted by molar-refractivity contribution is 9.10. The third kappa shape index (κ3) is 3.01. The maximum absolute atomic E-state index is 5.58. The zero-order valence-electron chi connectivity index (χ0n) is 10.1. The normalized spacial score (nSPS) is 10.4. The summed E-state index contributed by atoms with van der Waals surface area (Å²) >= 11 is 3.41. The number of methoxy groups -OCH3 is 1. The van der Waals surface area contributed by atoms with Gasteiger partial charge in [-0.25, -0.2) is 0 Å². The SMILES string of the molecule is CCc1noc(COc2ccc(OC)cc2Br)n1. The topological polar surface area (TPSA) is 57.4 Å². The van der Waals surface area contributed by atoms with Crippen LogP contribution < -0.4 is 9.47 Å². The standard InChI is InChI=1S/C12H13BrN2O3/c1-3-11-14-12(18-15-11)7-17-10-5-4-8(16-2)6-9(10)13/h4-6H,3,7H2,1-2H3. The smallest absolute Gasteiger partial charge is 0.264 e. The zero-order valence-corrected chi connectivity index (χ0v) is 11.7. The Hall–Kier alpha value is -1.56. The summed E-state index contributed by atoms with van der Waals surface area (Å²) in [6, 6.07) is 5.48. The Balaban J connectivity index is 2.01. The first kappa shape index (κ1) is 12.9. The first-order chi connectivity index (χ1) is 8.72. The van der Waals surface area contributed by atoms with Crippen LogP contribution in [-0.4, -0.2) is 17.3 Å². The quantitative estimate of drug-likeness (QED) is 0.849. The van der Waals surface area contributed by atoms with Crippen LogP contribution in [0.5, 0.6) is 11.5 Å². The second kappa shape index (κ2) is 5.86. The van der Waals surface area contributed by atoms with E-state index in [4.69, 9.17) is 14.0 Å². The van der Waals surface area contributed by atoms with Crippen LogP contribution in [0.15, 0.2) is 27.2 Å². The Morgan fingerprint density at radius 1 is 1.39 bits per heavy atom. The largest absolute Gasteiger partial charge is 0.497 e. The van der Waals surface area contributed by atoms with Crippen molar-refractivity contribution in [3.63, 3.8) is 0 Å². The molecule has 2 rings (SSSR count). The van der Waals surface area contributed by atoms with E-state index in [0.29, 0.717) is 17.5 Å². The Bertz CT molecular complexity index is 528. The molecule has 0 fully saturated rings. The molecule has 0 saturated carbocycles. The molecule has 96 valence electrons. The van der Waals surface area contributed by atoms with Crippen molar-refractivity contribution < 1.29 is 14.0 Å². The van der Waals surface area contributed by atoms with E-state index in [2.05, 4.69) is 26.1 Å². The Morgan fingerprint density at radius 3 is 2.83 bits per heavy atom. The van der Waals surface area contributed by atoms with Crippen molar-refractivity contribution in [3.05, 3.63) is 34.4 Å². The molecule has 0 aliphatic rings. The third-order valence-electron chi connectivity index (χ3n) is 2.32. The summed E-state index contributed by atoms with van der Waals surface area (Å²) in [6.45, 7) is 2.22. The second-order valence-corrected chi connectivity index (χ2v) is 4.40. The minimum Gasteiger partial charge on any atom is -0.497 e. The van der Waals surface area contributed by atoms with Gasteiger partial charge in [-0.15, -0.1) is 0 Å². The Labute approximate surface area is 113 Å². The molecule has 0 aliphatic heterocycles. The predicted molar refractivity (Wildman–Crippen MR) is 68.7 cm³/mol. The molecule has 0 unspecified atom stereocenters. The van der Waals surface area contributed by atoms with Gasteiger partial charge in [0.15, 0.2) is 12.4 Å². The van der Waals surface area contributed by atoms with Crippen molar-refractivity contribution in [2.24, 2.45) is 0 Å². The van der Waals surface area contributed by atoms with Gasteiger partial charge in [0.25, 0.3) is 5.89 Å². The molecular formula is C12H13BrN2O3. The summed E-state index contributed by atoms with van der Waals surface area (Å²) < 4.78 is 16.5. The molecule has 2 aromatic rings. The monoisotopic (exact) mass is 312 g/mol. The molecule has 0 saturated heterocycles. The van der Waals surface area contributed by atoms with Crippen molar-refractivity contribution in [1.82, 2.24) is 10.1 Å². The van der Waals surface area contributed by atoms with Gasteiger partial charge in [0.05, 0.1) is 11.6 Å². The van der Waals surface area contributed by atoms with Crippen LogP contribution in [-0.2, 0) is 13.0 Å². The zero-order chi connectivity index (χ0) is 13.0. The van der Waals surface area contributed by atoms with Gasteiger partial charge in [-0.2, -0.15) is 4.98 Å². The maximum Gasteiger partial charge on any atom is 0.264 e. The molecule has 18 heavy (non-hydrogen) atoms. The third-order valence-corrected chi connectivity index (χ3v) is 2.94. The maximum atomic E-state index is 5.58. The first-order valence-electron chi connectivity index (χ1n) is 5.50. The van der Waals surface area contributed by atoms with Crippen LogP contribution >= 0.6 is 15.9 Å². The fourth-order valence-corrected chi connectivity index (χ4v) is 1.83. The van der Waals surface area contributed by atoms with Gasteiger partial charge in [-0.05, 0) is 34.1 Å². The lowest BCUT2D eigenvalue weighted by molar-refractivity contribution is 0.241. The minimum absolute atomic E-state index is 0.248. The molecule has 1 aromatic heterocycles. The van der Waals surface area contributed by atoms with Crippen molar-refractivity contribution in [1.29, 1.82) is 0 Å². The van der Waals surface area contributed by atoms with E-state index in [0.717, 1.165) is 16.6 Å². The summed E-state index contributed by atoms with van der Waals surface area (Å²) in [6.07, 6.45) is 0.746. The van der Waals surface area contributed by atoms with Crippen molar-refractivity contribution in [2.75, 3.05) is 7.11 Å². The summed E-state index contributed by atoms with van der Waals surface area (Å²) in [5.74, 6) is 2.62. The van der Waals surface area contributed by atoms with E-state index in [9.17, 15) is 0 Å². The molecule has 6 heteroatoms. The number of aromatic nitrogens is 2. The molecule has 0 spiro atoms. The van der Waals surface area contributed by atoms with Crippen LogP contribution in [0.25, 0.3) is 0 Å². The summed E-state index contributed by atoms with van der Waals surface area (Å²) in [5.41, 5.74) is 0. The van der Waals surface area contributed by atoms with E-state index in [-0.39, 0.29) is 6.61 Å². The first-order valence-corrected chi connectivity index (χ1v) is 6.30. The number of aryl methyl sites for hydroxylation is 1. The van der Waals surface area contributed by atoms with Crippen LogP contribution in [0.3, 0.4) is 0 Å². The van der Waals surface area contributed by atoms with Gasteiger partial charge in [0.1, 0.15) is 11.5 Å². The highest BCUT2D eigenvalue weighted by atomic mass is 79.9. The molecule has 1 aromatic carbocycles. The van der Waals surface area contributed by atoms with E-state index in [1.54, 1.807) is 7.11 Å².